The van der Waals surface area contributed by atoms with E-state index >= 15 is 0 Å². The Morgan fingerprint density at radius 3 is 2.54 bits per heavy atom. The Morgan fingerprint density at radius 2 is 1.82 bits per heavy atom. The van der Waals surface area contributed by atoms with Gasteiger partial charge < -0.3 is 15.5 Å². The second kappa shape index (κ2) is 9.71. The largest absolute Gasteiger partial charge is 0.337 e. The van der Waals surface area contributed by atoms with Gasteiger partial charge in [-0.2, -0.15) is 11.3 Å². The van der Waals surface area contributed by atoms with Gasteiger partial charge in [-0.25, -0.2) is 4.79 Å². The van der Waals surface area contributed by atoms with Crippen LogP contribution in [0.4, 0.5) is 4.79 Å². The summed E-state index contributed by atoms with van der Waals surface area (Å²) in [7, 11) is 4.12. The molecule has 1 heterocycles. The monoisotopic (exact) mass is 395 g/mol. The molecule has 28 heavy (non-hydrogen) atoms. The van der Waals surface area contributed by atoms with E-state index in [9.17, 15) is 4.79 Å². The van der Waals surface area contributed by atoms with Gasteiger partial charge in [0.05, 0.1) is 0 Å². The van der Waals surface area contributed by atoms with Gasteiger partial charge in [-0.1, -0.05) is 42.5 Å². The minimum atomic E-state index is -0.104. The van der Waals surface area contributed by atoms with Crippen molar-refractivity contribution in [1.82, 2.24) is 15.5 Å². The summed E-state index contributed by atoms with van der Waals surface area (Å²) in [5.74, 6) is 0. The van der Waals surface area contributed by atoms with E-state index in [0.29, 0.717) is 6.54 Å². The van der Waals surface area contributed by atoms with Gasteiger partial charge in [0, 0.05) is 18.6 Å². The average Bonchev–Trinajstić information content (AvgIpc) is 3.17. The van der Waals surface area contributed by atoms with Crippen LogP contribution in [0.15, 0.2) is 59.3 Å². The van der Waals surface area contributed by atoms with Crippen molar-refractivity contribution < 1.29 is 4.79 Å². The van der Waals surface area contributed by atoms with Gasteiger partial charge in [0.15, 0.2) is 0 Å². The molecule has 0 fully saturated rings. The molecule has 2 amide bonds. The van der Waals surface area contributed by atoms with Crippen LogP contribution in [0.5, 0.6) is 0 Å². The van der Waals surface area contributed by atoms with Gasteiger partial charge in [0.2, 0.25) is 0 Å². The van der Waals surface area contributed by atoms with E-state index in [1.54, 1.807) is 11.3 Å². The fraction of sp³-hybridized carbons (Fsp3) is 0.348. The number of fused-ring (bicyclic) bond motifs is 1. The van der Waals surface area contributed by atoms with Gasteiger partial charge in [0.25, 0.3) is 0 Å². The van der Waals surface area contributed by atoms with E-state index in [1.165, 1.54) is 21.9 Å². The number of urea groups is 1. The highest BCUT2D eigenvalue weighted by Gasteiger charge is 2.15. The molecule has 3 rings (SSSR count). The lowest BCUT2D eigenvalue weighted by atomic mass is 10.0. The summed E-state index contributed by atoms with van der Waals surface area (Å²) < 4.78 is 0. The molecule has 2 N–H and O–H groups in total. The second-order valence-corrected chi connectivity index (χ2v) is 8.37. The molecule has 1 aromatic heterocycles. The molecule has 0 saturated heterocycles. The van der Waals surface area contributed by atoms with Crippen LogP contribution < -0.4 is 10.6 Å². The Labute approximate surface area is 171 Å². The second-order valence-electron chi connectivity index (χ2n) is 7.59. The molecule has 0 radical (unpaired) electrons. The first-order chi connectivity index (χ1) is 13.5. The summed E-state index contributed by atoms with van der Waals surface area (Å²) in [6.45, 7) is 2.65. The van der Waals surface area contributed by atoms with Crippen molar-refractivity contribution in [1.29, 1.82) is 0 Å². The predicted molar refractivity (Wildman–Crippen MR) is 119 cm³/mol. The highest BCUT2D eigenvalue weighted by molar-refractivity contribution is 7.07. The summed E-state index contributed by atoms with van der Waals surface area (Å²) in [5.41, 5.74) is 2.55. The molecule has 4 nitrogen and oxygen atoms in total. The van der Waals surface area contributed by atoms with E-state index in [2.05, 4.69) is 88.9 Å². The summed E-state index contributed by atoms with van der Waals surface area (Å²) in [6, 6.07) is 17.3. The van der Waals surface area contributed by atoms with Gasteiger partial charge in [0.1, 0.15) is 0 Å². The predicted octanol–water partition coefficient (Wildman–Crippen LogP) is 4.30. The summed E-state index contributed by atoms with van der Waals surface area (Å²) in [5, 5.41) is 12.8. The van der Waals surface area contributed by atoms with Gasteiger partial charge >= 0.3 is 6.03 Å². The molecular formula is C23H29N3OS. The molecule has 0 unspecified atom stereocenters. The number of hydrogen-bond donors (Lipinski definition) is 2. The van der Waals surface area contributed by atoms with Crippen molar-refractivity contribution in [3.63, 3.8) is 0 Å². The van der Waals surface area contributed by atoms with Crippen LogP contribution in [0, 0.1) is 0 Å². The zero-order chi connectivity index (χ0) is 19.9. The van der Waals surface area contributed by atoms with Crippen molar-refractivity contribution in [3.05, 3.63) is 70.4 Å². The molecule has 0 spiro atoms. The van der Waals surface area contributed by atoms with Crippen molar-refractivity contribution in [2.45, 2.75) is 31.8 Å². The molecule has 2 aromatic carbocycles. The standard InChI is InChI=1S/C23H29N3OS/c1-17(12-19-10-11-28-16-19)25-23(27)24-15-22(26(2)3)14-18-8-9-20-6-4-5-7-21(20)13-18/h4-11,13,16-17,22H,12,14-15H2,1-3H3,(H2,24,25,27)/t17-,22+/m1/s1. The Balaban J connectivity index is 1.52. The first kappa shape index (κ1) is 20.4. The smallest absolute Gasteiger partial charge is 0.315 e. The normalized spacial score (nSPS) is 13.4. The summed E-state index contributed by atoms with van der Waals surface area (Å²) in [4.78, 5) is 14.5. The maximum absolute atomic E-state index is 12.3. The van der Waals surface area contributed by atoms with Crippen molar-refractivity contribution in [2.24, 2.45) is 0 Å². The molecule has 5 heteroatoms. The lowest BCUT2D eigenvalue weighted by molar-refractivity contribution is 0.229. The van der Waals surface area contributed by atoms with Gasteiger partial charge in [-0.05, 0) is 72.6 Å². The molecule has 0 saturated carbocycles. The van der Waals surface area contributed by atoms with E-state index < -0.39 is 0 Å². The third-order valence-corrected chi connectivity index (χ3v) is 5.75. The van der Waals surface area contributed by atoms with E-state index in [-0.39, 0.29) is 18.1 Å². The molecule has 0 aliphatic carbocycles. The number of thiophene rings is 1. The number of nitrogens with one attached hydrogen (secondary N) is 2. The molecular weight excluding hydrogens is 366 g/mol. The van der Waals surface area contributed by atoms with Crippen LogP contribution in [-0.2, 0) is 12.8 Å². The molecule has 0 bridgehead atoms. The summed E-state index contributed by atoms with van der Waals surface area (Å²) >= 11 is 1.69. The molecule has 148 valence electrons. The zero-order valence-electron chi connectivity index (χ0n) is 16.8. The van der Waals surface area contributed by atoms with Crippen LogP contribution in [0.3, 0.4) is 0 Å². The topological polar surface area (TPSA) is 44.4 Å². The van der Waals surface area contributed by atoms with Crippen LogP contribution in [0.2, 0.25) is 0 Å². The van der Waals surface area contributed by atoms with Gasteiger partial charge in [-0.3, -0.25) is 0 Å². The number of carbonyl (C=O) groups excluding carboxylic acids is 1. The third kappa shape index (κ3) is 5.81. The van der Waals surface area contributed by atoms with Crippen molar-refractivity contribution in [3.8, 4) is 0 Å². The fourth-order valence-electron chi connectivity index (χ4n) is 3.37. The Kier molecular flexibility index (Phi) is 7.06. The third-order valence-electron chi connectivity index (χ3n) is 5.01. The first-order valence-electron chi connectivity index (χ1n) is 9.71. The fourth-order valence-corrected chi connectivity index (χ4v) is 4.06. The number of likely N-dealkylation sites (N-methyl/N-ethyl adjacent to an activating group) is 1. The quantitative estimate of drug-likeness (QED) is 0.597. The number of rotatable bonds is 8. The van der Waals surface area contributed by atoms with Crippen LogP contribution in [0.25, 0.3) is 10.8 Å². The molecule has 2 atom stereocenters. The highest BCUT2D eigenvalue weighted by Crippen LogP contribution is 2.17. The number of nitrogens with zero attached hydrogens (tertiary/aromatic N) is 1. The number of amides is 2. The first-order valence-corrected chi connectivity index (χ1v) is 10.6. The van der Waals surface area contributed by atoms with Crippen molar-refractivity contribution in [2.75, 3.05) is 20.6 Å². The maximum atomic E-state index is 12.3. The van der Waals surface area contributed by atoms with Crippen LogP contribution in [-0.4, -0.2) is 43.7 Å². The minimum absolute atomic E-state index is 0.104. The number of benzene rings is 2. The Bertz CT molecular complexity index is 892. The molecule has 3 aromatic rings. The van der Waals surface area contributed by atoms with Crippen molar-refractivity contribution >= 4 is 28.1 Å². The van der Waals surface area contributed by atoms with E-state index in [4.69, 9.17) is 0 Å². The van der Waals surface area contributed by atoms with Gasteiger partial charge in [-0.15, -0.1) is 0 Å². The lowest BCUT2D eigenvalue weighted by Crippen LogP contribution is -2.47. The molecule has 0 aliphatic rings. The highest BCUT2D eigenvalue weighted by atomic mass is 32.1. The lowest BCUT2D eigenvalue weighted by Gasteiger charge is -2.25. The minimum Gasteiger partial charge on any atom is -0.337 e. The van der Waals surface area contributed by atoms with Crippen LogP contribution >= 0.6 is 11.3 Å². The average molecular weight is 396 g/mol. The van der Waals surface area contributed by atoms with Crippen LogP contribution in [0.1, 0.15) is 18.1 Å². The number of carbonyl (C=O) groups is 1. The Morgan fingerprint density at radius 1 is 1.04 bits per heavy atom. The molecule has 0 aliphatic heterocycles. The zero-order valence-corrected chi connectivity index (χ0v) is 17.6. The summed E-state index contributed by atoms with van der Waals surface area (Å²) in [6.07, 6.45) is 1.74. The van der Waals surface area contributed by atoms with E-state index in [1.807, 2.05) is 6.92 Å². The number of hydrogen-bond acceptors (Lipinski definition) is 3. The van der Waals surface area contributed by atoms with E-state index in [0.717, 1.165) is 12.8 Å². The SMILES string of the molecule is C[C@H](Cc1ccsc1)NC(=O)NC[C@H](Cc1ccc2ccccc2c1)N(C)C. The Hall–Kier alpha value is -2.37. The maximum Gasteiger partial charge on any atom is 0.315 e.